The summed E-state index contributed by atoms with van der Waals surface area (Å²) in [7, 11) is 1.31. The molecular formula is C13H22N4O3. The van der Waals surface area contributed by atoms with Gasteiger partial charge in [-0.2, -0.15) is 5.10 Å². The lowest BCUT2D eigenvalue weighted by Gasteiger charge is -2.35. The third kappa shape index (κ3) is 3.29. The fraction of sp³-hybridized carbons (Fsp3) is 0.692. The molecule has 0 radical (unpaired) electrons. The van der Waals surface area contributed by atoms with Crippen LogP contribution in [-0.4, -0.2) is 59.6 Å². The van der Waals surface area contributed by atoms with Crippen molar-refractivity contribution < 1.29 is 14.3 Å². The van der Waals surface area contributed by atoms with Crippen molar-refractivity contribution in [2.45, 2.75) is 32.5 Å². The molecule has 1 atom stereocenters. The van der Waals surface area contributed by atoms with E-state index in [0.717, 1.165) is 13.1 Å². The number of carbonyl (C=O) groups is 1. The third-order valence-electron chi connectivity index (χ3n) is 3.46. The van der Waals surface area contributed by atoms with Crippen LogP contribution in [0.2, 0.25) is 0 Å². The molecule has 2 rings (SSSR count). The van der Waals surface area contributed by atoms with Crippen LogP contribution in [0.4, 0.5) is 5.69 Å². The monoisotopic (exact) mass is 282 g/mol. The molecule has 0 spiro atoms. The molecule has 112 valence electrons. The molecule has 1 aliphatic heterocycles. The molecule has 0 saturated carbocycles. The fourth-order valence-electron chi connectivity index (χ4n) is 2.32. The highest BCUT2D eigenvalue weighted by Gasteiger charge is 2.24. The Morgan fingerprint density at radius 1 is 1.65 bits per heavy atom. The Morgan fingerprint density at radius 2 is 2.40 bits per heavy atom. The van der Waals surface area contributed by atoms with Crippen molar-refractivity contribution in [1.29, 1.82) is 0 Å². The highest BCUT2D eigenvalue weighted by atomic mass is 16.5. The number of anilines is 1. The molecule has 0 amide bonds. The predicted octanol–water partition coefficient (Wildman–Crippen LogP) is 0.361. The number of carbonyl (C=O) groups excluding carboxylic acids is 1. The topological polar surface area (TPSA) is 82.6 Å². The number of ether oxygens (including phenoxy) is 2. The number of rotatable bonds is 4. The summed E-state index contributed by atoms with van der Waals surface area (Å²) < 4.78 is 12.0. The number of hydrogen-bond donors (Lipinski definition) is 1. The number of esters is 1. The summed E-state index contributed by atoms with van der Waals surface area (Å²) in [6.07, 6.45) is 1.69. The summed E-state index contributed by atoms with van der Waals surface area (Å²) in [6.45, 7) is 7.43. The highest BCUT2D eigenvalue weighted by molar-refractivity contribution is 5.92. The molecule has 1 fully saturated rings. The van der Waals surface area contributed by atoms with Gasteiger partial charge in [0.25, 0.3) is 0 Å². The molecule has 1 aromatic rings. The Kier molecular flexibility index (Phi) is 4.61. The minimum absolute atomic E-state index is 0.0518. The molecular weight excluding hydrogens is 260 g/mol. The third-order valence-corrected chi connectivity index (χ3v) is 3.46. The Morgan fingerprint density at radius 3 is 3.05 bits per heavy atom. The Balaban J connectivity index is 2.01. The van der Waals surface area contributed by atoms with E-state index in [4.69, 9.17) is 10.5 Å². The van der Waals surface area contributed by atoms with Crippen molar-refractivity contribution in [3.63, 3.8) is 0 Å². The van der Waals surface area contributed by atoms with Crippen LogP contribution >= 0.6 is 0 Å². The maximum Gasteiger partial charge on any atom is 0.360 e. The molecule has 1 saturated heterocycles. The fourth-order valence-corrected chi connectivity index (χ4v) is 2.32. The van der Waals surface area contributed by atoms with Crippen LogP contribution in [0.5, 0.6) is 0 Å². The molecule has 1 aliphatic rings. The second-order valence-electron chi connectivity index (χ2n) is 5.23. The smallest absolute Gasteiger partial charge is 0.360 e. The number of nitrogen functional groups attached to an aromatic ring is 1. The van der Waals surface area contributed by atoms with Gasteiger partial charge in [0.1, 0.15) is 0 Å². The van der Waals surface area contributed by atoms with Gasteiger partial charge >= 0.3 is 5.97 Å². The van der Waals surface area contributed by atoms with Crippen LogP contribution in [0, 0.1) is 0 Å². The van der Waals surface area contributed by atoms with Crippen molar-refractivity contribution in [2.24, 2.45) is 0 Å². The van der Waals surface area contributed by atoms with Gasteiger partial charge in [0, 0.05) is 25.3 Å². The van der Waals surface area contributed by atoms with Gasteiger partial charge in [-0.3, -0.25) is 9.58 Å². The summed E-state index contributed by atoms with van der Waals surface area (Å²) in [4.78, 5) is 13.8. The number of nitrogens with zero attached hydrogens (tertiary/aromatic N) is 3. The van der Waals surface area contributed by atoms with Crippen molar-refractivity contribution >= 4 is 11.7 Å². The second-order valence-corrected chi connectivity index (χ2v) is 5.23. The van der Waals surface area contributed by atoms with Crippen LogP contribution < -0.4 is 5.73 Å². The Bertz CT molecular complexity index is 472. The maximum atomic E-state index is 11.5. The van der Waals surface area contributed by atoms with Crippen molar-refractivity contribution in [3.8, 4) is 0 Å². The summed E-state index contributed by atoms with van der Waals surface area (Å²) in [6, 6.07) is 0.495. The van der Waals surface area contributed by atoms with Crippen LogP contribution in [-0.2, 0) is 16.0 Å². The summed E-state index contributed by atoms with van der Waals surface area (Å²) >= 11 is 0. The van der Waals surface area contributed by atoms with Gasteiger partial charge in [-0.15, -0.1) is 0 Å². The molecule has 0 aromatic carbocycles. The van der Waals surface area contributed by atoms with Gasteiger partial charge in [-0.25, -0.2) is 4.79 Å². The van der Waals surface area contributed by atoms with Crippen molar-refractivity contribution in [1.82, 2.24) is 14.7 Å². The predicted molar refractivity (Wildman–Crippen MR) is 74.4 cm³/mol. The van der Waals surface area contributed by atoms with Crippen LogP contribution in [0.1, 0.15) is 24.3 Å². The van der Waals surface area contributed by atoms with Gasteiger partial charge < -0.3 is 15.2 Å². The molecule has 0 bridgehead atoms. The standard InChI is InChI=1S/C13H22N4O3/c1-9(2)16-4-5-20-10(6-16)7-17-8-11(14)12(15-17)13(18)19-3/h8-10H,4-7,14H2,1-3H3. The van der Waals surface area contributed by atoms with Gasteiger partial charge in [0.2, 0.25) is 0 Å². The summed E-state index contributed by atoms with van der Waals surface area (Å²) in [5, 5.41) is 4.16. The van der Waals surface area contributed by atoms with E-state index in [-0.39, 0.29) is 11.8 Å². The van der Waals surface area contributed by atoms with E-state index >= 15 is 0 Å². The highest BCUT2D eigenvalue weighted by Crippen LogP contribution is 2.14. The minimum atomic E-state index is -0.519. The van der Waals surface area contributed by atoms with Crippen LogP contribution in [0.15, 0.2) is 6.20 Å². The van der Waals surface area contributed by atoms with E-state index < -0.39 is 5.97 Å². The normalized spacial score (nSPS) is 20.3. The quantitative estimate of drug-likeness (QED) is 0.803. The number of nitrogens with two attached hydrogens (primary N) is 1. The molecule has 7 nitrogen and oxygen atoms in total. The average Bonchev–Trinajstić information content (AvgIpc) is 2.79. The molecule has 2 N–H and O–H groups in total. The van der Waals surface area contributed by atoms with Crippen LogP contribution in [0.3, 0.4) is 0 Å². The van der Waals surface area contributed by atoms with E-state index in [0.29, 0.717) is 24.9 Å². The molecule has 2 heterocycles. The first-order valence-corrected chi connectivity index (χ1v) is 6.78. The minimum Gasteiger partial charge on any atom is -0.464 e. The first-order valence-electron chi connectivity index (χ1n) is 6.78. The summed E-state index contributed by atoms with van der Waals surface area (Å²) in [5.74, 6) is -0.519. The average molecular weight is 282 g/mol. The molecule has 1 aromatic heterocycles. The Hall–Kier alpha value is -1.60. The van der Waals surface area contributed by atoms with Gasteiger partial charge in [-0.1, -0.05) is 0 Å². The molecule has 1 unspecified atom stereocenters. The van der Waals surface area contributed by atoms with Gasteiger partial charge in [0.05, 0.1) is 32.1 Å². The first-order chi connectivity index (χ1) is 9.51. The van der Waals surface area contributed by atoms with E-state index in [1.54, 1.807) is 10.9 Å². The van der Waals surface area contributed by atoms with Crippen molar-refractivity contribution in [2.75, 3.05) is 32.5 Å². The first kappa shape index (κ1) is 14.8. The number of aromatic nitrogens is 2. The SMILES string of the molecule is COC(=O)c1nn(CC2CN(C(C)C)CCO2)cc1N. The zero-order valence-corrected chi connectivity index (χ0v) is 12.2. The molecule has 0 aliphatic carbocycles. The lowest BCUT2D eigenvalue weighted by Crippen LogP contribution is -2.47. The maximum absolute atomic E-state index is 11.5. The number of methoxy groups -OCH3 is 1. The van der Waals surface area contributed by atoms with Gasteiger partial charge in [0.15, 0.2) is 5.69 Å². The lowest BCUT2D eigenvalue weighted by molar-refractivity contribution is -0.0470. The zero-order chi connectivity index (χ0) is 14.7. The van der Waals surface area contributed by atoms with Crippen molar-refractivity contribution in [3.05, 3.63) is 11.9 Å². The zero-order valence-electron chi connectivity index (χ0n) is 12.2. The number of hydrogen-bond acceptors (Lipinski definition) is 6. The van der Waals surface area contributed by atoms with Gasteiger partial charge in [-0.05, 0) is 13.8 Å². The summed E-state index contributed by atoms with van der Waals surface area (Å²) in [5.41, 5.74) is 6.25. The Labute approximate surface area is 118 Å². The lowest BCUT2D eigenvalue weighted by atomic mass is 10.2. The molecule has 7 heteroatoms. The number of morpholine rings is 1. The van der Waals surface area contributed by atoms with E-state index in [2.05, 4.69) is 28.6 Å². The van der Waals surface area contributed by atoms with E-state index in [1.807, 2.05) is 0 Å². The van der Waals surface area contributed by atoms with Crippen LogP contribution in [0.25, 0.3) is 0 Å². The largest absolute Gasteiger partial charge is 0.464 e. The second kappa shape index (κ2) is 6.23. The van der Waals surface area contributed by atoms with E-state index in [1.165, 1.54) is 7.11 Å². The van der Waals surface area contributed by atoms with E-state index in [9.17, 15) is 4.79 Å². The molecule has 20 heavy (non-hydrogen) atoms.